The number of benzene rings is 1. The lowest BCUT2D eigenvalue weighted by atomic mass is 10.1. The first-order valence-electron chi connectivity index (χ1n) is 4.92. The molecule has 1 aromatic heterocycles. The van der Waals surface area contributed by atoms with Crippen molar-refractivity contribution in [3.05, 3.63) is 34.7 Å². The Kier molecular flexibility index (Phi) is 2.73. The lowest BCUT2D eigenvalue weighted by Crippen LogP contribution is -2.10. The van der Waals surface area contributed by atoms with Crippen LogP contribution in [0.15, 0.2) is 23.6 Å². The van der Waals surface area contributed by atoms with E-state index in [1.165, 1.54) is 21.2 Å². The fourth-order valence-corrected chi connectivity index (χ4v) is 2.62. The highest BCUT2D eigenvalue weighted by molar-refractivity contribution is 7.17. The smallest absolute Gasteiger partial charge is 0.217 e. The van der Waals surface area contributed by atoms with E-state index in [1.54, 1.807) is 11.3 Å². The number of rotatable bonds is 3. The molecule has 0 bridgehead atoms. The van der Waals surface area contributed by atoms with E-state index in [0.29, 0.717) is 6.42 Å². The highest BCUT2D eigenvalue weighted by Crippen LogP contribution is 2.27. The van der Waals surface area contributed by atoms with Crippen molar-refractivity contribution in [2.75, 3.05) is 0 Å². The fourth-order valence-electron chi connectivity index (χ4n) is 1.65. The molecule has 0 unspecified atom stereocenters. The summed E-state index contributed by atoms with van der Waals surface area (Å²) in [6, 6.07) is 6.40. The third kappa shape index (κ3) is 2.18. The first kappa shape index (κ1) is 10.2. The van der Waals surface area contributed by atoms with Gasteiger partial charge in [-0.2, -0.15) is 0 Å². The number of carbonyl (C=O) groups is 1. The number of hydrogen-bond donors (Lipinski definition) is 1. The van der Waals surface area contributed by atoms with Crippen LogP contribution in [-0.4, -0.2) is 5.91 Å². The second kappa shape index (κ2) is 4.03. The maximum Gasteiger partial charge on any atom is 0.217 e. The van der Waals surface area contributed by atoms with Crippen molar-refractivity contribution in [1.29, 1.82) is 0 Å². The van der Waals surface area contributed by atoms with Crippen molar-refractivity contribution in [3.63, 3.8) is 0 Å². The average molecular weight is 219 g/mol. The number of carbonyl (C=O) groups excluding carboxylic acids is 1. The normalized spacial score (nSPS) is 10.7. The largest absolute Gasteiger partial charge is 0.370 e. The van der Waals surface area contributed by atoms with Crippen molar-refractivity contribution < 1.29 is 4.79 Å². The van der Waals surface area contributed by atoms with E-state index in [1.807, 2.05) is 0 Å². The van der Waals surface area contributed by atoms with Gasteiger partial charge < -0.3 is 5.73 Å². The second-order valence-electron chi connectivity index (χ2n) is 3.73. The molecule has 0 radical (unpaired) electrons. The first-order chi connectivity index (χ1) is 7.16. The lowest BCUT2D eigenvalue weighted by molar-refractivity contribution is -0.117. The predicted octanol–water partition coefficient (Wildman–Crippen LogP) is 2.63. The topological polar surface area (TPSA) is 43.1 Å². The van der Waals surface area contributed by atoms with E-state index in [0.717, 1.165) is 6.42 Å². The minimum absolute atomic E-state index is 0.234. The van der Waals surface area contributed by atoms with E-state index in [9.17, 15) is 4.79 Å². The van der Waals surface area contributed by atoms with Gasteiger partial charge in [0.25, 0.3) is 0 Å². The van der Waals surface area contributed by atoms with Crippen molar-refractivity contribution in [1.82, 2.24) is 0 Å². The van der Waals surface area contributed by atoms with Crippen molar-refractivity contribution in [3.8, 4) is 0 Å². The Morgan fingerprint density at radius 3 is 3.00 bits per heavy atom. The van der Waals surface area contributed by atoms with Crippen LogP contribution in [0.5, 0.6) is 0 Å². The molecule has 0 saturated heterocycles. The molecule has 0 fully saturated rings. The summed E-state index contributed by atoms with van der Waals surface area (Å²) in [7, 11) is 0. The summed E-state index contributed by atoms with van der Waals surface area (Å²) < 4.78 is 1.28. The van der Waals surface area contributed by atoms with Gasteiger partial charge in [0.15, 0.2) is 0 Å². The van der Waals surface area contributed by atoms with Crippen LogP contribution in [0.1, 0.15) is 17.5 Å². The van der Waals surface area contributed by atoms with Gasteiger partial charge in [0.1, 0.15) is 0 Å². The molecule has 1 aromatic carbocycles. The molecular formula is C12H13NOS. The molecule has 2 aromatic rings. The van der Waals surface area contributed by atoms with Crippen LogP contribution in [0.25, 0.3) is 10.1 Å². The molecule has 3 heteroatoms. The zero-order valence-corrected chi connectivity index (χ0v) is 9.43. The van der Waals surface area contributed by atoms with Gasteiger partial charge in [-0.25, -0.2) is 0 Å². The van der Waals surface area contributed by atoms with Gasteiger partial charge in [0, 0.05) is 11.1 Å². The zero-order valence-electron chi connectivity index (χ0n) is 8.62. The predicted molar refractivity (Wildman–Crippen MR) is 64.1 cm³/mol. The average Bonchev–Trinajstić information content (AvgIpc) is 2.57. The van der Waals surface area contributed by atoms with Crippen molar-refractivity contribution in [2.24, 2.45) is 5.73 Å². The van der Waals surface area contributed by atoms with Crippen LogP contribution in [0, 0.1) is 6.92 Å². The molecule has 2 N–H and O–H groups in total. The van der Waals surface area contributed by atoms with Gasteiger partial charge in [-0.1, -0.05) is 17.7 Å². The van der Waals surface area contributed by atoms with Crippen LogP contribution in [-0.2, 0) is 11.2 Å². The van der Waals surface area contributed by atoms with E-state index >= 15 is 0 Å². The highest BCUT2D eigenvalue weighted by Gasteiger charge is 2.05. The first-order valence-corrected chi connectivity index (χ1v) is 5.80. The summed E-state index contributed by atoms with van der Waals surface area (Å²) in [6.45, 7) is 2.08. The molecule has 0 spiro atoms. The van der Waals surface area contributed by atoms with Gasteiger partial charge in [-0.3, -0.25) is 4.79 Å². The Morgan fingerprint density at radius 1 is 1.47 bits per heavy atom. The summed E-state index contributed by atoms with van der Waals surface area (Å²) in [4.78, 5) is 10.7. The SMILES string of the molecule is Cc1ccc2scc(CCC(N)=O)c2c1. The summed E-state index contributed by atoms with van der Waals surface area (Å²) in [5, 5.41) is 3.38. The van der Waals surface area contributed by atoms with Crippen LogP contribution < -0.4 is 5.73 Å². The van der Waals surface area contributed by atoms with Crippen LogP contribution in [0.2, 0.25) is 0 Å². The Balaban J connectivity index is 2.35. The standard InChI is InChI=1S/C12H13NOS/c1-8-2-4-11-10(6-8)9(7-15-11)3-5-12(13)14/h2,4,6-7H,3,5H2,1H3,(H2,13,14). The molecular weight excluding hydrogens is 206 g/mol. The van der Waals surface area contributed by atoms with Gasteiger partial charge >= 0.3 is 0 Å². The Labute approximate surface area is 92.7 Å². The number of fused-ring (bicyclic) bond motifs is 1. The number of hydrogen-bond acceptors (Lipinski definition) is 2. The van der Waals surface area contributed by atoms with Gasteiger partial charge in [0.05, 0.1) is 0 Å². The van der Waals surface area contributed by atoms with E-state index in [2.05, 4.69) is 30.5 Å². The molecule has 1 heterocycles. The third-order valence-corrected chi connectivity index (χ3v) is 3.46. The van der Waals surface area contributed by atoms with Crippen LogP contribution in [0.3, 0.4) is 0 Å². The number of amides is 1. The molecule has 1 amide bonds. The van der Waals surface area contributed by atoms with E-state index < -0.39 is 0 Å². The second-order valence-corrected chi connectivity index (χ2v) is 4.64. The van der Waals surface area contributed by atoms with Crippen LogP contribution in [0.4, 0.5) is 0 Å². The quantitative estimate of drug-likeness (QED) is 0.847. The molecule has 2 nitrogen and oxygen atoms in total. The summed E-state index contributed by atoms with van der Waals surface area (Å²) in [5.74, 6) is -0.234. The molecule has 78 valence electrons. The molecule has 0 aliphatic carbocycles. The molecule has 0 saturated carbocycles. The van der Waals surface area contributed by atoms with Gasteiger partial charge in [-0.05, 0) is 35.7 Å². The summed E-state index contributed by atoms with van der Waals surface area (Å²) in [5.41, 5.74) is 7.63. The monoisotopic (exact) mass is 219 g/mol. The number of primary amides is 1. The minimum Gasteiger partial charge on any atom is -0.370 e. The molecule has 15 heavy (non-hydrogen) atoms. The van der Waals surface area contributed by atoms with E-state index in [4.69, 9.17) is 5.73 Å². The van der Waals surface area contributed by atoms with Crippen molar-refractivity contribution in [2.45, 2.75) is 19.8 Å². The molecule has 2 rings (SSSR count). The Hall–Kier alpha value is -1.35. The number of aryl methyl sites for hydroxylation is 2. The molecule has 0 aliphatic heterocycles. The van der Waals surface area contributed by atoms with Gasteiger partial charge in [0.2, 0.25) is 5.91 Å². The number of nitrogens with two attached hydrogens (primary N) is 1. The van der Waals surface area contributed by atoms with Gasteiger partial charge in [-0.15, -0.1) is 11.3 Å². The highest BCUT2D eigenvalue weighted by atomic mass is 32.1. The van der Waals surface area contributed by atoms with Crippen molar-refractivity contribution >= 4 is 27.3 Å². The maximum atomic E-state index is 10.7. The maximum absolute atomic E-state index is 10.7. The van der Waals surface area contributed by atoms with E-state index in [-0.39, 0.29) is 5.91 Å². The van der Waals surface area contributed by atoms with Crippen LogP contribution >= 0.6 is 11.3 Å². The number of thiophene rings is 1. The Morgan fingerprint density at radius 2 is 2.27 bits per heavy atom. The molecule has 0 aliphatic rings. The lowest BCUT2D eigenvalue weighted by Gasteiger charge is -1.98. The third-order valence-electron chi connectivity index (χ3n) is 2.45. The Bertz CT molecular complexity index is 501. The minimum atomic E-state index is -0.234. The molecule has 0 atom stereocenters. The zero-order chi connectivity index (χ0) is 10.8. The summed E-state index contributed by atoms with van der Waals surface area (Å²) in [6.07, 6.45) is 1.18. The summed E-state index contributed by atoms with van der Waals surface area (Å²) >= 11 is 1.72. The fraction of sp³-hybridized carbons (Fsp3) is 0.250.